The Labute approximate surface area is 210 Å². The molecule has 2 fully saturated rings. The number of ether oxygens (including phenoxy) is 2. The third-order valence-electron chi connectivity index (χ3n) is 6.76. The summed E-state index contributed by atoms with van der Waals surface area (Å²) in [6.45, 7) is 4.59. The van der Waals surface area contributed by atoms with Crippen molar-refractivity contribution < 1.29 is 19.4 Å². The quantitative estimate of drug-likeness (QED) is 0.476. The number of nitrogens with zero attached hydrogens (tertiary/aromatic N) is 4. The van der Waals surface area contributed by atoms with Gasteiger partial charge in [0.25, 0.3) is 0 Å². The number of carbonyl (C=O) groups is 1. The highest BCUT2D eigenvalue weighted by Crippen LogP contribution is 2.31. The minimum absolute atomic E-state index is 0.0334. The van der Waals surface area contributed by atoms with Crippen molar-refractivity contribution in [2.75, 3.05) is 43.6 Å². The van der Waals surface area contributed by atoms with Crippen LogP contribution in [0.5, 0.6) is 5.75 Å². The summed E-state index contributed by atoms with van der Waals surface area (Å²) < 4.78 is 11.0. The van der Waals surface area contributed by atoms with Crippen molar-refractivity contribution in [3.05, 3.63) is 35.9 Å². The van der Waals surface area contributed by atoms with E-state index in [9.17, 15) is 9.90 Å². The highest BCUT2D eigenvalue weighted by molar-refractivity contribution is 5.90. The van der Waals surface area contributed by atoms with Crippen LogP contribution in [0.3, 0.4) is 0 Å². The molecule has 2 saturated heterocycles. The van der Waals surface area contributed by atoms with Crippen LogP contribution in [0.4, 0.5) is 11.8 Å². The number of benzene rings is 1. The van der Waals surface area contributed by atoms with Gasteiger partial charge in [0.15, 0.2) is 5.65 Å². The van der Waals surface area contributed by atoms with Crippen LogP contribution in [-0.2, 0) is 16.1 Å². The summed E-state index contributed by atoms with van der Waals surface area (Å²) in [5.74, 6) is 1.75. The van der Waals surface area contributed by atoms with E-state index < -0.39 is 6.04 Å². The van der Waals surface area contributed by atoms with Crippen LogP contribution in [0, 0.1) is 0 Å². The van der Waals surface area contributed by atoms with Crippen molar-refractivity contribution in [1.29, 1.82) is 0 Å². The molecule has 1 amide bonds. The number of morpholine rings is 1. The molecule has 2 aromatic heterocycles. The molecule has 190 valence electrons. The maximum absolute atomic E-state index is 12.6. The molecule has 2 unspecified atom stereocenters. The van der Waals surface area contributed by atoms with Gasteiger partial charge < -0.3 is 30.1 Å². The molecular formula is C26H32N6O4. The fourth-order valence-corrected chi connectivity index (χ4v) is 4.77. The number of pyridine rings is 1. The summed E-state index contributed by atoms with van der Waals surface area (Å²) in [6, 6.07) is 9.28. The summed E-state index contributed by atoms with van der Waals surface area (Å²) >= 11 is 0. The first kappa shape index (κ1) is 24.2. The van der Waals surface area contributed by atoms with Crippen LogP contribution >= 0.6 is 0 Å². The summed E-state index contributed by atoms with van der Waals surface area (Å²) in [7, 11) is 1.58. The molecule has 36 heavy (non-hydrogen) atoms. The van der Waals surface area contributed by atoms with E-state index in [1.54, 1.807) is 7.11 Å². The van der Waals surface area contributed by atoms with Gasteiger partial charge >= 0.3 is 0 Å². The number of hydrogen-bond donors (Lipinski definition) is 3. The molecule has 0 aliphatic carbocycles. The monoisotopic (exact) mass is 492 g/mol. The molecule has 0 radical (unpaired) electrons. The predicted molar refractivity (Wildman–Crippen MR) is 137 cm³/mol. The van der Waals surface area contributed by atoms with Crippen LogP contribution in [-0.4, -0.2) is 71.5 Å². The normalized spacial score (nSPS) is 20.6. The van der Waals surface area contributed by atoms with Gasteiger partial charge in [0, 0.05) is 24.2 Å². The zero-order valence-corrected chi connectivity index (χ0v) is 20.7. The first-order valence-corrected chi connectivity index (χ1v) is 12.4. The summed E-state index contributed by atoms with van der Waals surface area (Å²) in [6.07, 6.45) is 2.63. The number of fused-ring (bicyclic) bond motifs is 1. The fourth-order valence-electron chi connectivity index (χ4n) is 4.77. The topological polar surface area (TPSA) is 122 Å². The van der Waals surface area contributed by atoms with Crippen molar-refractivity contribution in [3.63, 3.8) is 0 Å². The Bertz CT molecular complexity index is 1250. The first-order valence-electron chi connectivity index (χ1n) is 12.4. The average Bonchev–Trinajstić information content (AvgIpc) is 3.11. The van der Waals surface area contributed by atoms with E-state index in [1.807, 2.05) is 30.3 Å². The van der Waals surface area contributed by atoms with Gasteiger partial charge in [0.2, 0.25) is 11.9 Å². The number of carbonyl (C=O) groups excluding carboxylic acids is 1. The van der Waals surface area contributed by atoms with Gasteiger partial charge in [-0.3, -0.25) is 4.79 Å². The van der Waals surface area contributed by atoms with Gasteiger partial charge in [-0.25, -0.2) is 4.98 Å². The number of amides is 1. The minimum Gasteiger partial charge on any atom is -0.496 e. The third-order valence-corrected chi connectivity index (χ3v) is 6.76. The maximum atomic E-state index is 12.6. The summed E-state index contributed by atoms with van der Waals surface area (Å²) in [5.41, 5.74) is 2.79. The lowest BCUT2D eigenvalue weighted by atomic mass is 10.1. The van der Waals surface area contributed by atoms with E-state index in [0.29, 0.717) is 49.2 Å². The molecular weight excluding hydrogens is 460 g/mol. The zero-order chi connectivity index (χ0) is 25.1. The molecule has 0 spiro atoms. The largest absolute Gasteiger partial charge is 0.496 e. The van der Waals surface area contributed by atoms with Crippen molar-refractivity contribution in [1.82, 2.24) is 20.3 Å². The number of methoxy groups -OCH3 is 1. The Hall–Kier alpha value is -3.50. The van der Waals surface area contributed by atoms with Crippen LogP contribution in [0.15, 0.2) is 30.3 Å². The number of aliphatic hydroxyl groups is 1. The number of hydrogen-bond acceptors (Lipinski definition) is 9. The second-order valence-electron chi connectivity index (χ2n) is 9.22. The van der Waals surface area contributed by atoms with E-state index in [2.05, 4.69) is 22.5 Å². The molecule has 0 saturated carbocycles. The summed E-state index contributed by atoms with van der Waals surface area (Å²) in [4.78, 5) is 29.3. The van der Waals surface area contributed by atoms with Crippen molar-refractivity contribution in [2.24, 2.45) is 0 Å². The molecule has 2 atom stereocenters. The smallest absolute Gasteiger partial charge is 0.242 e. The predicted octanol–water partition coefficient (Wildman–Crippen LogP) is 2.50. The molecule has 10 nitrogen and oxygen atoms in total. The maximum Gasteiger partial charge on any atom is 0.242 e. The molecule has 3 N–H and O–H groups in total. The number of aromatic nitrogens is 3. The van der Waals surface area contributed by atoms with Gasteiger partial charge in [0.05, 0.1) is 44.1 Å². The second kappa shape index (κ2) is 10.6. The SMILES string of the molecule is COc1ccc(-c2ccc3c(N4CCOCC4C)nc(NC4CCCCNC4=O)nc3n2)cc1CO. The van der Waals surface area contributed by atoms with Crippen molar-refractivity contribution in [3.8, 4) is 17.0 Å². The molecule has 5 rings (SSSR count). The molecule has 3 aromatic rings. The lowest BCUT2D eigenvalue weighted by Crippen LogP contribution is -2.44. The zero-order valence-electron chi connectivity index (χ0n) is 20.7. The molecule has 2 aliphatic rings. The second-order valence-corrected chi connectivity index (χ2v) is 9.22. The molecule has 0 bridgehead atoms. The average molecular weight is 493 g/mol. The van der Waals surface area contributed by atoms with Crippen molar-refractivity contribution in [2.45, 2.75) is 44.9 Å². The van der Waals surface area contributed by atoms with Crippen LogP contribution in [0.1, 0.15) is 31.7 Å². The van der Waals surface area contributed by atoms with Gasteiger partial charge in [0.1, 0.15) is 17.6 Å². The number of aliphatic hydroxyl groups excluding tert-OH is 1. The summed E-state index contributed by atoms with van der Waals surface area (Å²) in [5, 5.41) is 16.8. The first-order chi connectivity index (χ1) is 17.6. The number of anilines is 2. The lowest BCUT2D eigenvalue weighted by Gasteiger charge is -2.35. The fraction of sp³-hybridized carbons (Fsp3) is 0.462. The van der Waals surface area contributed by atoms with Crippen LogP contribution in [0.25, 0.3) is 22.3 Å². The standard InChI is InChI=1S/C26H32N6O4/c1-16-15-36-12-11-32(16)24-19-7-8-20(17-6-9-22(35-2)18(13-17)14-33)28-23(19)30-26(31-24)29-21-5-3-4-10-27-25(21)34/h6-9,13,16,21,33H,3-5,10-12,14-15H2,1-2H3,(H,27,34)(H,28,29,30,31). The van der Waals surface area contributed by atoms with Gasteiger partial charge in [-0.1, -0.05) is 0 Å². The van der Waals surface area contributed by atoms with Crippen LogP contribution in [0.2, 0.25) is 0 Å². The van der Waals surface area contributed by atoms with Crippen LogP contribution < -0.4 is 20.3 Å². The van der Waals surface area contributed by atoms with Gasteiger partial charge in [-0.2, -0.15) is 9.97 Å². The van der Waals surface area contributed by atoms with E-state index >= 15 is 0 Å². The minimum atomic E-state index is -0.392. The lowest BCUT2D eigenvalue weighted by molar-refractivity contribution is -0.121. The Balaban J connectivity index is 1.58. The Morgan fingerprint density at radius 1 is 1.22 bits per heavy atom. The van der Waals surface area contributed by atoms with E-state index in [4.69, 9.17) is 24.4 Å². The molecule has 4 heterocycles. The Morgan fingerprint density at radius 2 is 2.11 bits per heavy atom. The molecule has 1 aromatic carbocycles. The van der Waals surface area contributed by atoms with Gasteiger partial charge in [-0.15, -0.1) is 0 Å². The third kappa shape index (κ3) is 4.91. The Morgan fingerprint density at radius 3 is 2.92 bits per heavy atom. The molecule has 2 aliphatic heterocycles. The van der Waals surface area contributed by atoms with E-state index in [1.165, 1.54) is 0 Å². The number of nitrogens with one attached hydrogen (secondary N) is 2. The van der Waals surface area contributed by atoms with E-state index in [0.717, 1.165) is 41.7 Å². The van der Waals surface area contributed by atoms with Gasteiger partial charge in [-0.05, 0) is 56.5 Å². The molecule has 10 heteroatoms. The van der Waals surface area contributed by atoms with Crippen molar-refractivity contribution >= 4 is 28.7 Å². The Kier molecular flexibility index (Phi) is 7.15. The number of rotatable bonds is 6. The highest BCUT2D eigenvalue weighted by atomic mass is 16.5. The van der Waals surface area contributed by atoms with E-state index in [-0.39, 0.29) is 18.6 Å². The highest BCUT2D eigenvalue weighted by Gasteiger charge is 2.26.